The Balaban J connectivity index is 0.00000364. The number of hydrogen-bond acceptors (Lipinski definition) is 3. The molecule has 0 aliphatic heterocycles. The number of unbranched alkanes of at least 4 members (excludes halogenated alkanes) is 1. The van der Waals surface area contributed by atoms with Gasteiger partial charge in [0, 0.05) is 25.8 Å². The first-order chi connectivity index (χ1) is 12.8. The molecule has 2 rings (SSSR count). The molecule has 1 aromatic heterocycles. The lowest BCUT2D eigenvalue weighted by Crippen LogP contribution is -2.38. The number of para-hydroxylation sites is 1. The second kappa shape index (κ2) is 14.5. The molecule has 1 aromatic carbocycles. The third kappa shape index (κ3) is 10.4. The molecule has 148 valence electrons. The molecule has 27 heavy (non-hydrogen) atoms. The average Bonchev–Trinajstić information content (AvgIpc) is 2.67. The van der Waals surface area contributed by atoms with Crippen molar-refractivity contribution in [3.8, 4) is 5.75 Å². The van der Waals surface area contributed by atoms with Crippen molar-refractivity contribution in [2.45, 2.75) is 26.2 Å². The molecule has 2 aromatic rings. The molecule has 0 fully saturated rings. The standard InChI is InChI=1S/C20H27ClN4O.HI/c1-2-22-20(24-14-12-17-10-11-19(21)25-16-17)23-13-6-7-15-26-18-8-4-3-5-9-18;/h3-5,8-11,16H,2,6-7,12-15H2,1H3,(H2,22,23,24);1H. The summed E-state index contributed by atoms with van der Waals surface area (Å²) in [5, 5.41) is 7.13. The van der Waals surface area contributed by atoms with Gasteiger partial charge in [-0.15, -0.1) is 24.0 Å². The first-order valence-electron chi connectivity index (χ1n) is 9.08. The zero-order valence-corrected chi connectivity index (χ0v) is 18.7. The summed E-state index contributed by atoms with van der Waals surface area (Å²) in [6, 6.07) is 13.7. The summed E-state index contributed by atoms with van der Waals surface area (Å²) >= 11 is 5.80. The van der Waals surface area contributed by atoms with Crippen LogP contribution < -0.4 is 15.4 Å². The summed E-state index contributed by atoms with van der Waals surface area (Å²) in [7, 11) is 0. The van der Waals surface area contributed by atoms with Crippen molar-refractivity contribution in [1.82, 2.24) is 15.6 Å². The molecule has 1 heterocycles. The predicted molar refractivity (Wildman–Crippen MR) is 124 cm³/mol. The Morgan fingerprint density at radius 1 is 1.11 bits per heavy atom. The maximum Gasteiger partial charge on any atom is 0.191 e. The lowest BCUT2D eigenvalue weighted by Gasteiger charge is -2.11. The number of nitrogens with zero attached hydrogens (tertiary/aromatic N) is 2. The maximum absolute atomic E-state index is 5.80. The third-order valence-corrected chi connectivity index (χ3v) is 3.90. The fourth-order valence-electron chi connectivity index (χ4n) is 2.33. The van der Waals surface area contributed by atoms with Gasteiger partial charge in [-0.05, 0) is 49.9 Å². The van der Waals surface area contributed by atoms with Gasteiger partial charge in [0.1, 0.15) is 10.9 Å². The van der Waals surface area contributed by atoms with Crippen molar-refractivity contribution in [2.24, 2.45) is 4.99 Å². The minimum Gasteiger partial charge on any atom is -0.494 e. The van der Waals surface area contributed by atoms with Crippen LogP contribution in [0, 0.1) is 0 Å². The number of rotatable bonds is 10. The number of ether oxygens (including phenoxy) is 1. The van der Waals surface area contributed by atoms with Gasteiger partial charge in [0.05, 0.1) is 6.61 Å². The van der Waals surface area contributed by atoms with Gasteiger partial charge in [0.25, 0.3) is 0 Å². The van der Waals surface area contributed by atoms with Crippen LogP contribution in [0.4, 0.5) is 0 Å². The number of nitrogens with one attached hydrogen (secondary N) is 2. The van der Waals surface area contributed by atoms with Gasteiger partial charge in [0.15, 0.2) is 5.96 Å². The molecule has 0 aliphatic rings. The number of aliphatic imine (C=N–C) groups is 1. The van der Waals surface area contributed by atoms with Gasteiger partial charge in [0.2, 0.25) is 0 Å². The second-order valence-electron chi connectivity index (χ2n) is 5.80. The Kier molecular flexibility index (Phi) is 12.6. The van der Waals surface area contributed by atoms with Crippen molar-refractivity contribution in [3.63, 3.8) is 0 Å². The monoisotopic (exact) mass is 502 g/mol. The Hall–Kier alpha value is -1.54. The molecule has 0 aliphatic carbocycles. The highest BCUT2D eigenvalue weighted by molar-refractivity contribution is 14.0. The van der Waals surface area contributed by atoms with Crippen LogP contribution in [0.25, 0.3) is 0 Å². The van der Waals surface area contributed by atoms with Gasteiger partial charge >= 0.3 is 0 Å². The SMILES string of the molecule is CCNC(=NCCCCOc1ccccc1)NCCc1ccc(Cl)nc1.I. The van der Waals surface area contributed by atoms with E-state index in [1.807, 2.05) is 42.5 Å². The molecular formula is C20H28ClIN4O. The molecule has 5 nitrogen and oxygen atoms in total. The Morgan fingerprint density at radius 3 is 2.63 bits per heavy atom. The average molecular weight is 503 g/mol. The quantitative estimate of drug-likeness (QED) is 0.167. The molecule has 0 spiro atoms. The van der Waals surface area contributed by atoms with E-state index in [1.165, 1.54) is 0 Å². The predicted octanol–water partition coefficient (Wildman–Crippen LogP) is 4.31. The summed E-state index contributed by atoms with van der Waals surface area (Å²) in [6.07, 6.45) is 4.65. The van der Waals surface area contributed by atoms with Crippen LogP contribution in [0.5, 0.6) is 5.75 Å². The molecule has 0 saturated carbocycles. The first-order valence-corrected chi connectivity index (χ1v) is 9.46. The van der Waals surface area contributed by atoms with Crippen LogP contribution in [-0.2, 0) is 6.42 Å². The second-order valence-corrected chi connectivity index (χ2v) is 6.18. The van der Waals surface area contributed by atoms with Crippen LogP contribution in [0.15, 0.2) is 53.7 Å². The van der Waals surface area contributed by atoms with E-state index < -0.39 is 0 Å². The maximum atomic E-state index is 5.80. The van der Waals surface area contributed by atoms with E-state index in [2.05, 4.69) is 27.5 Å². The number of halogens is 2. The Morgan fingerprint density at radius 2 is 1.93 bits per heavy atom. The summed E-state index contributed by atoms with van der Waals surface area (Å²) < 4.78 is 5.69. The fourth-order valence-corrected chi connectivity index (χ4v) is 2.44. The summed E-state index contributed by atoms with van der Waals surface area (Å²) in [6.45, 7) is 5.19. The number of benzene rings is 1. The van der Waals surface area contributed by atoms with Gasteiger partial charge < -0.3 is 15.4 Å². The largest absolute Gasteiger partial charge is 0.494 e. The van der Waals surface area contributed by atoms with Crippen molar-refractivity contribution >= 4 is 41.5 Å². The van der Waals surface area contributed by atoms with E-state index in [4.69, 9.17) is 16.3 Å². The smallest absolute Gasteiger partial charge is 0.191 e. The van der Waals surface area contributed by atoms with Crippen LogP contribution in [-0.4, -0.2) is 37.2 Å². The number of pyridine rings is 1. The summed E-state index contributed by atoms with van der Waals surface area (Å²) in [5.74, 6) is 1.76. The fraction of sp³-hybridized carbons (Fsp3) is 0.400. The number of aromatic nitrogens is 1. The zero-order chi connectivity index (χ0) is 18.5. The van der Waals surface area contributed by atoms with E-state index in [0.29, 0.717) is 11.8 Å². The summed E-state index contributed by atoms with van der Waals surface area (Å²) in [5.41, 5.74) is 1.15. The van der Waals surface area contributed by atoms with Gasteiger partial charge in [-0.1, -0.05) is 35.9 Å². The highest BCUT2D eigenvalue weighted by Gasteiger charge is 1.99. The van der Waals surface area contributed by atoms with E-state index in [9.17, 15) is 0 Å². The van der Waals surface area contributed by atoms with Crippen LogP contribution in [0.3, 0.4) is 0 Å². The van der Waals surface area contributed by atoms with Crippen LogP contribution in [0.1, 0.15) is 25.3 Å². The zero-order valence-electron chi connectivity index (χ0n) is 15.7. The molecule has 0 radical (unpaired) electrons. The van der Waals surface area contributed by atoms with E-state index in [1.54, 1.807) is 6.20 Å². The molecule has 0 bridgehead atoms. The minimum absolute atomic E-state index is 0. The highest BCUT2D eigenvalue weighted by Crippen LogP contribution is 2.08. The lowest BCUT2D eigenvalue weighted by molar-refractivity contribution is 0.308. The highest BCUT2D eigenvalue weighted by atomic mass is 127. The molecule has 0 atom stereocenters. The van der Waals surface area contributed by atoms with Gasteiger partial charge in [-0.3, -0.25) is 4.99 Å². The molecule has 2 N–H and O–H groups in total. The Labute approximate surface area is 184 Å². The lowest BCUT2D eigenvalue weighted by atomic mass is 10.2. The third-order valence-electron chi connectivity index (χ3n) is 3.67. The van der Waals surface area contributed by atoms with Crippen molar-refractivity contribution in [2.75, 3.05) is 26.2 Å². The van der Waals surface area contributed by atoms with Gasteiger partial charge in [-0.25, -0.2) is 4.98 Å². The van der Waals surface area contributed by atoms with Crippen LogP contribution >= 0.6 is 35.6 Å². The normalized spacial score (nSPS) is 10.8. The van der Waals surface area contributed by atoms with Crippen molar-refractivity contribution < 1.29 is 4.74 Å². The van der Waals surface area contributed by atoms with E-state index in [0.717, 1.165) is 56.2 Å². The summed E-state index contributed by atoms with van der Waals surface area (Å²) in [4.78, 5) is 8.70. The van der Waals surface area contributed by atoms with Crippen LogP contribution in [0.2, 0.25) is 5.15 Å². The molecule has 0 saturated heterocycles. The number of hydrogen-bond donors (Lipinski definition) is 2. The molecular weight excluding hydrogens is 475 g/mol. The van der Waals surface area contributed by atoms with E-state index in [-0.39, 0.29) is 24.0 Å². The van der Waals surface area contributed by atoms with E-state index >= 15 is 0 Å². The number of guanidine groups is 1. The molecule has 0 unspecified atom stereocenters. The topological polar surface area (TPSA) is 58.5 Å². The van der Waals surface area contributed by atoms with Crippen molar-refractivity contribution in [3.05, 3.63) is 59.4 Å². The first kappa shape index (κ1) is 23.5. The molecule has 0 amide bonds. The Bertz CT molecular complexity index is 653. The van der Waals surface area contributed by atoms with Gasteiger partial charge in [-0.2, -0.15) is 0 Å². The molecule has 7 heteroatoms. The van der Waals surface area contributed by atoms with Crippen molar-refractivity contribution in [1.29, 1.82) is 0 Å². The minimum atomic E-state index is 0.